The maximum atomic E-state index is 6.31. The van der Waals surface area contributed by atoms with Crippen LogP contribution < -0.4 is 5.32 Å². The standard InChI is InChI=1S/C16H12Cl3NO/c1-20-15(10-5-3-6-11(17)14(10)19)13-8-9-4-2-7-12(18)16(9)21-13/h2-8,15,20H,1H3. The van der Waals surface area contributed by atoms with Crippen LogP contribution in [-0.4, -0.2) is 7.05 Å². The van der Waals surface area contributed by atoms with Crippen LogP contribution in [-0.2, 0) is 0 Å². The predicted octanol–water partition coefficient (Wildman–Crippen LogP) is 5.70. The van der Waals surface area contributed by atoms with E-state index in [1.54, 1.807) is 12.1 Å². The van der Waals surface area contributed by atoms with E-state index < -0.39 is 0 Å². The van der Waals surface area contributed by atoms with Gasteiger partial charge in [-0.15, -0.1) is 0 Å². The monoisotopic (exact) mass is 339 g/mol. The molecule has 1 atom stereocenters. The number of furan rings is 1. The zero-order chi connectivity index (χ0) is 15.0. The topological polar surface area (TPSA) is 25.2 Å². The molecule has 0 amide bonds. The molecule has 3 rings (SSSR count). The van der Waals surface area contributed by atoms with Crippen molar-refractivity contribution in [3.8, 4) is 0 Å². The van der Waals surface area contributed by atoms with Crippen LogP contribution in [0.15, 0.2) is 46.9 Å². The molecule has 1 heterocycles. The normalized spacial score (nSPS) is 12.8. The summed E-state index contributed by atoms with van der Waals surface area (Å²) in [4.78, 5) is 0. The van der Waals surface area contributed by atoms with Gasteiger partial charge < -0.3 is 9.73 Å². The number of hydrogen-bond donors (Lipinski definition) is 1. The molecule has 1 unspecified atom stereocenters. The highest BCUT2D eigenvalue weighted by atomic mass is 35.5. The van der Waals surface area contributed by atoms with Crippen LogP contribution in [0.2, 0.25) is 15.1 Å². The van der Waals surface area contributed by atoms with Gasteiger partial charge in [-0.3, -0.25) is 0 Å². The van der Waals surface area contributed by atoms with Crippen molar-refractivity contribution < 1.29 is 4.42 Å². The number of benzene rings is 2. The molecule has 0 saturated heterocycles. The molecule has 0 radical (unpaired) electrons. The first-order valence-electron chi connectivity index (χ1n) is 6.41. The Morgan fingerprint density at radius 2 is 1.71 bits per heavy atom. The van der Waals surface area contributed by atoms with Crippen molar-refractivity contribution >= 4 is 45.8 Å². The number of fused-ring (bicyclic) bond motifs is 1. The number of nitrogens with one attached hydrogen (secondary N) is 1. The smallest absolute Gasteiger partial charge is 0.152 e. The minimum Gasteiger partial charge on any atom is -0.457 e. The highest BCUT2D eigenvalue weighted by molar-refractivity contribution is 6.42. The van der Waals surface area contributed by atoms with E-state index in [0.717, 1.165) is 16.7 Å². The van der Waals surface area contributed by atoms with Gasteiger partial charge in [-0.25, -0.2) is 0 Å². The molecular weight excluding hydrogens is 329 g/mol. The second-order valence-corrected chi connectivity index (χ2v) is 5.86. The molecule has 21 heavy (non-hydrogen) atoms. The van der Waals surface area contributed by atoms with Crippen LogP contribution in [0, 0.1) is 0 Å². The van der Waals surface area contributed by atoms with E-state index in [-0.39, 0.29) is 6.04 Å². The van der Waals surface area contributed by atoms with Gasteiger partial charge in [-0.05, 0) is 30.8 Å². The molecule has 3 aromatic rings. The lowest BCUT2D eigenvalue weighted by atomic mass is 10.0. The molecule has 0 aliphatic rings. The number of hydrogen-bond acceptors (Lipinski definition) is 2. The summed E-state index contributed by atoms with van der Waals surface area (Å²) < 4.78 is 5.90. The Balaban J connectivity index is 2.14. The molecule has 0 bridgehead atoms. The Morgan fingerprint density at radius 3 is 2.43 bits per heavy atom. The largest absolute Gasteiger partial charge is 0.457 e. The highest BCUT2D eigenvalue weighted by Gasteiger charge is 2.21. The molecule has 5 heteroatoms. The molecule has 2 nitrogen and oxygen atoms in total. The fourth-order valence-electron chi connectivity index (χ4n) is 2.38. The number of rotatable bonds is 3. The van der Waals surface area contributed by atoms with Crippen molar-refractivity contribution in [1.82, 2.24) is 5.32 Å². The first-order chi connectivity index (χ1) is 10.1. The third-order valence-corrected chi connectivity index (χ3v) is 4.51. The first-order valence-corrected chi connectivity index (χ1v) is 7.54. The lowest BCUT2D eigenvalue weighted by Gasteiger charge is -2.16. The number of halogens is 3. The van der Waals surface area contributed by atoms with Crippen LogP contribution in [0.1, 0.15) is 17.4 Å². The van der Waals surface area contributed by atoms with Crippen LogP contribution >= 0.6 is 34.8 Å². The maximum Gasteiger partial charge on any atom is 0.152 e. The third kappa shape index (κ3) is 2.65. The van der Waals surface area contributed by atoms with E-state index in [4.69, 9.17) is 39.2 Å². The summed E-state index contributed by atoms with van der Waals surface area (Å²) in [5.41, 5.74) is 1.54. The summed E-state index contributed by atoms with van der Waals surface area (Å²) in [5.74, 6) is 0.741. The summed E-state index contributed by atoms with van der Waals surface area (Å²) in [6.07, 6.45) is 0. The lowest BCUT2D eigenvalue weighted by Crippen LogP contribution is -2.17. The van der Waals surface area contributed by atoms with Gasteiger partial charge in [0.2, 0.25) is 0 Å². The fraction of sp³-hybridized carbons (Fsp3) is 0.125. The van der Waals surface area contributed by atoms with Gasteiger partial charge in [0.15, 0.2) is 5.58 Å². The van der Waals surface area contributed by atoms with Gasteiger partial charge in [0.1, 0.15) is 5.76 Å². The molecule has 108 valence electrons. The van der Waals surface area contributed by atoms with Crippen LogP contribution in [0.4, 0.5) is 0 Å². The van der Waals surface area contributed by atoms with E-state index in [0.29, 0.717) is 20.7 Å². The van der Waals surface area contributed by atoms with E-state index >= 15 is 0 Å². The van der Waals surface area contributed by atoms with Gasteiger partial charge in [0, 0.05) is 5.39 Å². The molecule has 1 aromatic heterocycles. The Hall–Kier alpha value is -1.19. The molecule has 0 aliphatic carbocycles. The minimum absolute atomic E-state index is 0.195. The Labute approximate surface area is 137 Å². The molecule has 1 N–H and O–H groups in total. The minimum atomic E-state index is -0.195. The van der Waals surface area contributed by atoms with Crippen molar-refractivity contribution in [2.45, 2.75) is 6.04 Å². The van der Waals surface area contributed by atoms with E-state index in [9.17, 15) is 0 Å². The number of para-hydroxylation sites is 1. The van der Waals surface area contributed by atoms with Crippen molar-refractivity contribution in [2.24, 2.45) is 0 Å². The first kappa shape index (κ1) is 14.7. The van der Waals surface area contributed by atoms with Crippen molar-refractivity contribution in [2.75, 3.05) is 7.05 Å². The predicted molar refractivity (Wildman–Crippen MR) is 88.6 cm³/mol. The van der Waals surface area contributed by atoms with Gasteiger partial charge in [0.05, 0.1) is 21.1 Å². The Bertz CT molecular complexity index is 797. The molecule has 0 fully saturated rings. The quantitative estimate of drug-likeness (QED) is 0.661. The van der Waals surface area contributed by atoms with E-state index in [1.165, 1.54) is 0 Å². The summed E-state index contributed by atoms with van der Waals surface area (Å²) in [5, 5.41) is 5.78. The van der Waals surface area contributed by atoms with Gasteiger partial charge >= 0.3 is 0 Å². The maximum absolute atomic E-state index is 6.31. The summed E-state index contributed by atoms with van der Waals surface area (Å²) >= 11 is 18.6. The molecule has 0 aliphatic heterocycles. The second-order valence-electron chi connectivity index (χ2n) is 4.67. The zero-order valence-corrected chi connectivity index (χ0v) is 13.4. The second kappa shape index (κ2) is 5.90. The van der Waals surface area contributed by atoms with Crippen LogP contribution in [0.3, 0.4) is 0 Å². The lowest BCUT2D eigenvalue weighted by molar-refractivity contribution is 0.492. The summed E-state index contributed by atoms with van der Waals surface area (Å²) in [7, 11) is 1.84. The van der Waals surface area contributed by atoms with Gasteiger partial charge in [0.25, 0.3) is 0 Å². The van der Waals surface area contributed by atoms with Crippen LogP contribution in [0.5, 0.6) is 0 Å². The molecular formula is C16H12Cl3NO. The summed E-state index contributed by atoms with van der Waals surface area (Å²) in [6.45, 7) is 0. The SMILES string of the molecule is CNC(c1cc2cccc(Cl)c2o1)c1cccc(Cl)c1Cl. The van der Waals surface area contributed by atoms with Crippen LogP contribution in [0.25, 0.3) is 11.0 Å². The molecule has 0 saturated carbocycles. The van der Waals surface area contributed by atoms with Crippen molar-refractivity contribution in [3.63, 3.8) is 0 Å². The van der Waals surface area contributed by atoms with E-state index in [2.05, 4.69) is 5.32 Å². The van der Waals surface area contributed by atoms with Gasteiger partial charge in [-0.1, -0.05) is 59.1 Å². The Kier molecular flexibility index (Phi) is 4.14. The average Bonchev–Trinajstić information content (AvgIpc) is 2.89. The highest BCUT2D eigenvalue weighted by Crippen LogP contribution is 2.36. The van der Waals surface area contributed by atoms with Crippen molar-refractivity contribution in [1.29, 1.82) is 0 Å². The Morgan fingerprint density at radius 1 is 1.00 bits per heavy atom. The van der Waals surface area contributed by atoms with Crippen molar-refractivity contribution in [3.05, 3.63) is 68.9 Å². The molecule has 2 aromatic carbocycles. The van der Waals surface area contributed by atoms with Gasteiger partial charge in [-0.2, -0.15) is 0 Å². The average molecular weight is 341 g/mol. The molecule has 0 spiro atoms. The van der Waals surface area contributed by atoms with E-state index in [1.807, 2.05) is 37.4 Å². The zero-order valence-electron chi connectivity index (χ0n) is 11.2. The summed E-state index contributed by atoms with van der Waals surface area (Å²) in [6, 6.07) is 13.0. The fourth-order valence-corrected chi connectivity index (χ4v) is 3.02. The third-order valence-electron chi connectivity index (χ3n) is 3.38.